The Kier molecular flexibility index (Phi) is 3.92. The van der Waals surface area contributed by atoms with Crippen LogP contribution < -0.4 is 10.1 Å². The van der Waals surface area contributed by atoms with Gasteiger partial charge in [0.25, 0.3) is 5.91 Å². The van der Waals surface area contributed by atoms with Crippen molar-refractivity contribution in [3.05, 3.63) is 29.3 Å². The van der Waals surface area contributed by atoms with Gasteiger partial charge in [0.15, 0.2) is 0 Å². The highest BCUT2D eigenvalue weighted by Gasteiger charge is 2.27. The minimum atomic E-state index is 0.166. The standard InChI is InChI=1S/C16H22N2O2/c1-17-11-14-4-2-3-8-18(14)16(19)13-5-6-15-12(10-13)7-9-20-15/h5-6,10,14,17H,2-4,7-9,11H2,1H3. The summed E-state index contributed by atoms with van der Waals surface area (Å²) in [5.41, 5.74) is 1.97. The van der Waals surface area contributed by atoms with E-state index < -0.39 is 0 Å². The van der Waals surface area contributed by atoms with Crippen molar-refractivity contribution in [3.8, 4) is 5.75 Å². The van der Waals surface area contributed by atoms with E-state index in [1.807, 2.05) is 30.1 Å². The fraction of sp³-hybridized carbons (Fsp3) is 0.562. The zero-order valence-corrected chi connectivity index (χ0v) is 12.0. The van der Waals surface area contributed by atoms with Crippen molar-refractivity contribution in [2.45, 2.75) is 31.7 Å². The van der Waals surface area contributed by atoms with Crippen LogP contribution in [0.1, 0.15) is 35.2 Å². The summed E-state index contributed by atoms with van der Waals surface area (Å²) < 4.78 is 5.50. The van der Waals surface area contributed by atoms with Crippen LogP contribution in [0.5, 0.6) is 5.75 Å². The van der Waals surface area contributed by atoms with Crippen molar-refractivity contribution in [2.24, 2.45) is 0 Å². The Morgan fingerprint density at radius 3 is 3.20 bits per heavy atom. The van der Waals surface area contributed by atoms with Gasteiger partial charge in [-0.1, -0.05) is 0 Å². The summed E-state index contributed by atoms with van der Waals surface area (Å²) in [4.78, 5) is 14.8. The van der Waals surface area contributed by atoms with Gasteiger partial charge in [0.05, 0.1) is 6.61 Å². The molecule has 108 valence electrons. The van der Waals surface area contributed by atoms with Crippen LogP contribution in [-0.4, -0.2) is 43.6 Å². The smallest absolute Gasteiger partial charge is 0.254 e. The Morgan fingerprint density at radius 2 is 2.35 bits per heavy atom. The van der Waals surface area contributed by atoms with Crippen molar-refractivity contribution < 1.29 is 9.53 Å². The Labute approximate surface area is 120 Å². The van der Waals surface area contributed by atoms with E-state index >= 15 is 0 Å². The monoisotopic (exact) mass is 274 g/mol. The molecular weight excluding hydrogens is 252 g/mol. The highest BCUT2D eigenvalue weighted by molar-refractivity contribution is 5.95. The zero-order chi connectivity index (χ0) is 13.9. The van der Waals surface area contributed by atoms with Gasteiger partial charge >= 0.3 is 0 Å². The number of nitrogens with zero attached hydrogens (tertiary/aromatic N) is 1. The van der Waals surface area contributed by atoms with Gasteiger partial charge in [0.2, 0.25) is 0 Å². The predicted octanol–water partition coefficient (Wildman–Crippen LogP) is 1.84. The van der Waals surface area contributed by atoms with Crippen molar-refractivity contribution >= 4 is 5.91 Å². The number of fused-ring (bicyclic) bond motifs is 1. The number of carbonyl (C=O) groups is 1. The summed E-state index contributed by atoms with van der Waals surface area (Å²) >= 11 is 0. The summed E-state index contributed by atoms with van der Waals surface area (Å²) in [6.45, 7) is 2.48. The lowest BCUT2D eigenvalue weighted by atomic mass is 10.00. The SMILES string of the molecule is CNCC1CCCCN1C(=O)c1ccc2c(c1)CCO2. The third-order valence-electron chi connectivity index (χ3n) is 4.26. The van der Waals surface area contributed by atoms with E-state index in [2.05, 4.69) is 5.32 Å². The number of likely N-dealkylation sites (tertiary alicyclic amines) is 1. The van der Waals surface area contributed by atoms with Gasteiger partial charge in [-0.05, 0) is 50.1 Å². The van der Waals surface area contributed by atoms with Gasteiger partial charge in [0.1, 0.15) is 5.75 Å². The molecule has 1 saturated heterocycles. The zero-order valence-electron chi connectivity index (χ0n) is 12.0. The first kappa shape index (κ1) is 13.4. The maximum absolute atomic E-state index is 12.7. The van der Waals surface area contributed by atoms with Crippen molar-refractivity contribution in [2.75, 3.05) is 26.7 Å². The molecule has 0 aliphatic carbocycles. The minimum absolute atomic E-state index is 0.166. The molecule has 3 rings (SSSR count). The van der Waals surface area contributed by atoms with Crippen LogP contribution in [0.2, 0.25) is 0 Å². The van der Waals surface area contributed by atoms with E-state index in [0.717, 1.165) is 55.8 Å². The number of piperidine rings is 1. The fourth-order valence-corrected chi connectivity index (χ4v) is 3.20. The molecular formula is C16H22N2O2. The highest BCUT2D eigenvalue weighted by Crippen LogP contribution is 2.27. The number of nitrogens with one attached hydrogen (secondary N) is 1. The fourth-order valence-electron chi connectivity index (χ4n) is 3.20. The summed E-state index contributed by atoms with van der Waals surface area (Å²) in [7, 11) is 1.95. The van der Waals surface area contributed by atoms with Crippen LogP contribution in [0, 0.1) is 0 Å². The number of carbonyl (C=O) groups excluding carboxylic acids is 1. The number of hydrogen-bond acceptors (Lipinski definition) is 3. The van der Waals surface area contributed by atoms with Crippen LogP contribution in [-0.2, 0) is 6.42 Å². The summed E-state index contributed by atoms with van der Waals surface area (Å²) in [5.74, 6) is 1.10. The minimum Gasteiger partial charge on any atom is -0.493 e. The molecule has 2 heterocycles. The maximum Gasteiger partial charge on any atom is 0.254 e. The normalized spacial score (nSPS) is 21.4. The van der Waals surface area contributed by atoms with Crippen LogP contribution in [0.3, 0.4) is 0 Å². The molecule has 2 aliphatic heterocycles. The molecule has 1 fully saturated rings. The average molecular weight is 274 g/mol. The summed E-state index contributed by atoms with van der Waals surface area (Å²) in [6.07, 6.45) is 4.34. The molecule has 0 bridgehead atoms. The molecule has 0 spiro atoms. The third-order valence-corrected chi connectivity index (χ3v) is 4.26. The topological polar surface area (TPSA) is 41.6 Å². The van der Waals surface area contributed by atoms with Crippen LogP contribution in [0.25, 0.3) is 0 Å². The molecule has 1 aromatic rings. The number of ether oxygens (including phenoxy) is 1. The molecule has 1 N–H and O–H groups in total. The van der Waals surface area contributed by atoms with Gasteiger partial charge < -0.3 is 15.0 Å². The second-order valence-corrected chi connectivity index (χ2v) is 5.63. The molecule has 1 aromatic carbocycles. The van der Waals surface area contributed by atoms with Crippen LogP contribution in [0.4, 0.5) is 0 Å². The van der Waals surface area contributed by atoms with Gasteiger partial charge in [-0.15, -0.1) is 0 Å². The van der Waals surface area contributed by atoms with Crippen molar-refractivity contribution in [1.29, 1.82) is 0 Å². The average Bonchev–Trinajstić information content (AvgIpc) is 2.95. The van der Waals surface area contributed by atoms with Gasteiger partial charge in [0, 0.05) is 31.1 Å². The number of likely N-dealkylation sites (N-methyl/N-ethyl adjacent to an activating group) is 1. The second-order valence-electron chi connectivity index (χ2n) is 5.63. The first-order valence-electron chi connectivity index (χ1n) is 7.51. The Balaban J connectivity index is 1.80. The first-order valence-corrected chi connectivity index (χ1v) is 7.51. The molecule has 20 heavy (non-hydrogen) atoms. The third kappa shape index (κ3) is 2.52. The maximum atomic E-state index is 12.7. The largest absolute Gasteiger partial charge is 0.493 e. The lowest BCUT2D eigenvalue weighted by molar-refractivity contribution is 0.0615. The first-order chi connectivity index (χ1) is 9.79. The van der Waals surface area contributed by atoms with Crippen LogP contribution in [0.15, 0.2) is 18.2 Å². The van der Waals surface area contributed by atoms with E-state index in [0.29, 0.717) is 6.04 Å². The molecule has 1 amide bonds. The second kappa shape index (κ2) is 5.83. The molecule has 2 aliphatic rings. The Hall–Kier alpha value is -1.55. The summed E-state index contributed by atoms with van der Waals surface area (Å²) in [5, 5.41) is 3.20. The lowest BCUT2D eigenvalue weighted by Crippen LogP contribution is -2.48. The van der Waals surface area contributed by atoms with E-state index in [1.54, 1.807) is 0 Å². The molecule has 1 atom stereocenters. The van der Waals surface area contributed by atoms with Crippen molar-refractivity contribution in [1.82, 2.24) is 10.2 Å². The number of rotatable bonds is 3. The van der Waals surface area contributed by atoms with E-state index in [9.17, 15) is 4.79 Å². The molecule has 0 saturated carbocycles. The predicted molar refractivity (Wildman–Crippen MR) is 78.2 cm³/mol. The van der Waals surface area contributed by atoms with E-state index in [1.165, 1.54) is 6.42 Å². The number of hydrogen-bond donors (Lipinski definition) is 1. The molecule has 0 radical (unpaired) electrons. The molecule has 1 unspecified atom stereocenters. The molecule has 0 aromatic heterocycles. The Bertz CT molecular complexity index is 499. The molecule has 4 heteroatoms. The van der Waals surface area contributed by atoms with Crippen LogP contribution >= 0.6 is 0 Å². The quantitative estimate of drug-likeness (QED) is 0.914. The highest BCUT2D eigenvalue weighted by atomic mass is 16.5. The summed E-state index contributed by atoms with van der Waals surface area (Å²) in [6, 6.07) is 6.17. The molecule has 4 nitrogen and oxygen atoms in total. The van der Waals surface area contributed by atoms with E-state index in [4.69, 9.17) is 4.74 Å². The van der Waals surface area contributed by atoms with Gasteiger partial charge in [-0.3, -0.25) is 4.79 Å². The lowest BCUT2D eigenvalue weighted by Gasteiger charge is -2.35. The van der Waals surface area contributed by atoms with Gasteiger partial charge in [-0.25, -0.2) is 0 Å². The number of amides is 1. The Morgan fingerprint density at radius 1 is 1.45 bits per heavy atom. The van der Waals surface area contributed by atoms with Crippen molar-refractivity contribution in [3.63, 3.8) is 0 Å². The number of benzene rings is 1. The van der Waals surface area contributed by atoms with Gasteiger partial charge in [-0.2, -0.15) is 0 Å². The van der Waals surface area contributed by atoms with E-state index in [-0.39, 0.29) is 5.91 Å².